The van der Waals surface area contributed by atoms with E-state index in [0.717, 1.165) is 17.5 Å². The number of nitro groups is 1. The minimum atomic E-state index is -3.46. The van der Waals surface area contributed by atoms with Crippen LogP contribution in [0, 0.1) is 10.1 Å². The molecule has 0 saturated heterocycles. The van der Waals surface area contributed by atoms with Crippen LogP contribution in [-0.2, 0) is 9.84 Å². The lowest BCUT2D eigenvalue weighted by Gasteiger charge is -1.97. The van der Waals surface area contributed by atoms with E-state index in [9.17, 15) is 18.5 Å². The van der Waals surface area contributed by atoms with Gasteiger partial charge in [0, 0.05) is 17.5 Å². The number of rotatable bonds is 3. The van der Waals surface area contributed by atoms with Crippen LogP contribution >= 0.6 is 0 Å². The summed E-state index contributed by atoms with van der Waals surface area (Å²) in [5, 5.41) is 11.4. The molecule has 0 heterocycles. The summed E-state index contributed by atoms with van der Waals surface area (Å²) in [6.45, 7) is 1.59. The van der Waals surface area contributed by atoms with E-state index < -0.39 is 14.8 Å². The molecule has 0 bridgehead atoms. The van der Waals surface area contributed by atoms with Gasteiger partial charge in [-0.3, -0.25) is 10.1 Å². The second kappa shape index (κ2) is 4.22. The van der Waals surface area contributed by atoms with Crippen molar-refractivity contribution in [3.05, 3.63) is 45.9 Å². The molecule has 0 aliphatic rings. The van der Waals surface area contributed by atoms with Gasteiger partial charge in [-0.25, -0.2) is 8.42 Å². The molecule has 0 fully saturated rings. The van der Waals surface area contributed by atoms with E-state index in [0.29, 0.717) is 0 Å². The molecular weight excluding hydrogens is 218 g/mol. The van der Waals surface area contributed by atoms with Crippen molar-refractivity contribution in [2.24, 2.45) is 0 Å². The van der Waals surface area contributed by atoms with Crippen LogP contribution in [-0.4, -0.2) is 13.3 Å². The van der Waals surface area contributed by atoms with E-state index in [2.05, 4.69) is 0 Å². The van der Waals surface area contributed by atoms with Crippen molar-refractivity contribution in [3.63, 3.8) is 0 Å². The highest BCUT2D eigenvalue weighted by Crippen LogP contribution is 2.17. The smallest absolute Gasteiger partial charge is 0.258 e. The Hall–Kier alpha value is -1.69. The first-order valence-corrected chi connectivity index (χ1v) is 5.64. The van der Waals surface area contributed by atoms with Crippen molar-refractivity contribution < 1.29 is 13.3 Å². The van der Waals surface area contributed by atoms with Gasteiger partial charge < -0.3 is 0 Å². The first-order chi connectivity index (χ1) is 6.97. The zero-order valence-electron chi connectivity index (χ0n) is 7.95. The largest absolute Gasteiger partial charge is 0.269 e. The summed E-state index contributed by atoms with van der Waals surface area (Å²) in [6, 6.07) is 4.76. The van der Waals surface area contributed by atoms with E-state index in [1.807, 2.05) is 0 Å². The lowest BCUT2D eigenvalue weighted by atomic mass is 10.3. The lowest BCUT2D eigenvalue weighted by Crippen LogP contribution is -1.96. The van der Waals surface area contributed by atoms with Crippen LogP contribution in [0.15, 0.2) is 40.6 Å². The Morgan fingerprint density at radius 1 is 1.27 bits per heavy atom. The van der Waals surface area contributed by atoms with Crippen LogP contribution in [0.2, 0.25) is 0 Å². The number of hydrogen-bond donors (Lipinski definition) is 0. The Bertz CT molecular complexity index is 487. The quantitative estimate of drug-likeness (QED) is 0.583. The topological polar surface area (TPSA) is 77.3 Å². The molecule has 0 spiro atoms. The number of benzene rings is 1. The number of sulfone groups is 1. The predicted molar refractivity (Wildman–Crippen MR) is 55.1 cm³/mol. The Morgan fingerprint density at radius 3 is 2.20 bits per heavy atom. The van der Waals surface area contributed by atoms with Crippen molar-refractivity contribution in [1.29, 1.82) is 0 Å². The molecule has 0 aliphatic carbocycles. The third-order valence-corrected chi connectivity index (χ3v) is 3.25. The Labute approximate surface area is 87.1 Å². The maximum atomic E-state index is 11.5. The van der Waals surface area contributed by atoms with Gasteiger partial charge in [0.05, 0.1) is 9.82 Å². The molecule has 0 aliphatic heterocycles. The van der Waals surface area contributed by atoms with Crippen molar-refractivity contribution in [2.75, 3.05) is 0 Å². The fourth-order valence-corrected chi connectivity index (χ4v) is 2.05. The third kappa shape index (κ3) is 2.63. The van der Waals surface area contributed by atoms with Gasteiger partial charge in [0.15, 0.2) is 9.84 Å². The summed E-state index contributed by atoms with van der Waals surface area (Å²) >= 11 is 0. The maximum Gasteiger partial charge on any atom is 0.269 e. The summed E-state index contributed by atoms with van der Waals surface area (Å²) in [6.07, 6.45) is 1.40. The molecule has 5 nitrogen and oxygen atoms in total. The third-order valence-electron chi connectivity index (χ3n) is 1.69. The monoisotopic (exact) mass is 227 g/mol. The number of hydrogen-bond acceptors (Lipinski definition) is 4. The average molecular weight is 227 g/mol. The van der Waals surface area contributed by atoms with Crippen molar-refractivity contribution >= 4 is 15.5 Å². The molecule has 0 amide bonds. The van der Waals surface area contributed by atoms with Crippen LogP contribution in [0.4, 0.5) is 5.69 Å². The van der Waals surface area contributed by atoms with Crippen molar-refractivity contribution in [3.8, 4) is 0 Å². The molecule has 0 N–H and O–H groups in total. The molecule has 15 heavy (non-hydrogen) atoms. The van der Waals surface area contributed by atoms with E-state index in [1.54, 1.807) is 6.92 Å². The van der Waals surface area contributed by atoms with E-state index in [4.69, 9.17) is 0 Å². The fourth-order valence-electron chi connectivity index (χ4n) is 1.02. The summed E-state index contributed by atoms with van der Waals surface area (Å²) in [4.78, 5) is 9.80. The minimum Gasteiger partial charge on any atom is -0.258 e. The summed E-state index contributed by atoms with van der Waals surface area (Å²) in [7, 11) is -3.46. The van der Waals surface area contributed by atoms with Crippen LogP contribution in [0.1, 0.15) is 6.92 Å². The average Bonchev–Trinajstić information content (AvgIpc) is 2.18. The Morgan fingerprint density at radius 2 is 1.80 bits per heavy atom. The van der Waals surface area contributed by atoms with Crippen molar-refractivity contribution in [2.45, 2.75) is 11.8 Å². The fraction of sp³-hybridized carbons (Fsp3) is 0.111. The zero-order chi connectivity index (χ0) is 11.5. The van der Waals surface area contributed by atoms with E-state index >= 15 is 0 Å². The molecule has 6 heteroatoms. The Balaban J connectivity index is 3.15. The number of allylic oxidation sites excluding steroid dienone is 1. The Kier molecular flexibility index (Phi) is 3.21. The molecule has 1 aromatic carbocycles. The highest BCUT2D eigenvalue weighted by Gasteiger charge is 2.12. The van der Waals surface area contributed by atoms with Gasteiger partial charge in [-0.05, 0) is 19.1 Å². The first kappa shape index (κ1) is 11.4. The van der Waals surface area contributed by atoms with Gasteiger partial charge >= 0.3 is 0 Å². The van der Waals surface area contributed by atoms with Gasteiger partial charge in [0.2, 0.25) is 0 Å². The number of nitro benzene ring substituents is 1. The number of non-ortho nitro benzene ring substituents is 1. The molecule has 0 aromatic heterocycles. The SMILES string of the molecule is C/C=C/S(=O)(=O)c1ccc([N+](=O)[O-])cc1. The molecular formula is C9H9NO4S. The first-order valence-electron chi connectivity index (χ1n) is 4.09. The van der Waals surface area contributed by atoms with Crippen LogP contribution in [0.3, 0.4) is 0 Å². The lowest BCUT2D eigenvalue weighted by molar-refractivity contribution is -0.384. The minimum absolute atomic E-state index is 0.0474. The maximum absolute atomic E-state index is 11.5. The molecule has 0 atom stereocenters. The number of nitrogens with zero attached hydrogens (tertiary/aromatic N) is 1. The molecule has 1 aromatic rings. The highest BCUT2D eigenvalue weighted by molar-refractivity contribution is 7.94. The van der Waals surface area contributed by atoms with E-state index in [-0.39, 0.29) is 10.6 Å². The molecule has 0 unspecified atom stereocenters. The molecule has 0 saturated carbocycles. The van der Waals surface area contributed by atoms with Crippen molar-refractivity contribution in [1.82, 2.24) is 0 Å². The van der Waals surface area contributed by atoms with Gasteiger partial charge in [-0.15, -0.1) is 0 Å². The second-order valence-electron chi connectivity index (χ2n) is 2.77. The van der Waals surface area contributed by atoms with E-state index in [1.165, 1.54) is 18.2 Å². The summed E-state index contributed by atoms with van der Waals surface area (Å²) in [5.74, 6) is 0. The molecule has 1 rings (SSSR count). The van der Waals surface area contributed by atoms with Crippen LogP contribution in [0.25, 0.3) is 0 Å². The zero-order valence-corrected chi connectivity index (χ0v) is 8.77. The summed E-state index contributed by atoms with van der Waals surface area (Å²) in [5.41, 5.74) is -0.130. The van der Waals surface area contributed by atoms with Gasteiger partial charge in [0.25, 0.3) is 5.69 Å². The van der Waals surface area contributed by atoms with Gasteiger partial charge in [-0.1, -0.05) is 6.08 Å². The van der Waals surface area contributed by atoms with Gasteiger partial charge in [0.1, 0.15) is 0 Å². The predicted octanol–water partition coefficient (Wildman–Crippen LogP) is 1.90. The normalized spacial score (nSPS) is 11.8. The second-order valence-corrected chi connectivity index (χ2v) is 4.60. The van der Waals surface area contributed by atoms with Gasteiger partial charge in [-0.2, -0.15) is 0 Å². The highest BCUT2D eigenvalue weighted by atomic mass is 32.2. The standard InChI is InChI=1S/C9H9NO4S/c1-2-7-15(13,14)9-5-3-8(4-6-9)10(11)12/h2-7H,1H3/b7-2+. The molecule has 80 valence electrons. The van der Waals surface area contributed by atoms with Crippen LogP contribution in [0.5, 0.6) is 0 Å². The van der Waals surface area contributed by atoms with Crippen LogP contribution < -0.4 is 0 Å². The summed E-state index contributed by atoms with van der Waals surface area (Å²) < 4.78 is 22.9. The molecule has 0 radical (unpaired) electrons.